The minimum atomic E-state index is -0.520. The van der Waals surface area contributed by atoms with Crippen molar-refractivity contribution in [3.63, 3.8) is 0 Å². The summed E-state index contributed by atoms with van der Waals surface area (Å²) in [5.41, 5.74) is 3.13. The van der Waals surface area contributed by atoms with E-state index in [2.05, 4.69) is 51.9 Å². The van der Waals surface area contributed by atoms with E-state index >= 15 is 0 Å². The number of hydrogen-bond donors (Lipinski definition) is 2. The standard InChI is InChI=1S/C21H25N3O/c25-20(23-16-17-6-2-1-3-7-17)21(24-14-12-22-13-15-24)11-10-18-8-4-5-9-19(18)21/h1-9,22H,10-16H2,(H,23,25)/t21-/m0/s1. The highest BCUT2D eigenvalue weighted by molar-refractivity contribution is 5.89. The van der Waals surface area contributed by atoms with Crippen molar-refractivity contribution < 1.29 is 4.79 Å². The second-order valence-electron chi connectivity index (χ2n) is 6.92. The summed E-state index contributed by atoms with van der Waals surface area (Å²) in [4.78, 5) is 15.8. The Morgan fingerprint density at radius 2 is 1.76 bits per heavy atom. The number of hydrogen-bond acceptors (Lipinski definition) is 3. The van der Waals surface area contributed by atoms with Crippen molar-refractivity contribution in [3.8, 4) is 0 Å². The van der Waals surface area contributed by atoms with Gasteiger partial charge in [0.2, 0.25) is 5.91 Å². The molecule has 4 nitrogen and oxygen atoms in total. The molecule has 1 aliphatic heterocycles. The molecule has 2 aromatic carbocycles. The van der Waals surface area contributed by atoms with Crippen LogP contribution in [0.25, 0.3) is 0 Å². The Hall–Kier alpha value is -2.17. The van der Waals surface area contributed by atoms with Crippen LogP contribution in [0.4, 0.5) is 0 Å². The Bertz CT molecular complexity index is 740. The summed E-state index contributed by atoms with van der Waals surface area (Å²) in [6, 6.07) is 18.6. The second-order valence-corrected chi connectivity index (χ2v) is 6.92. The fraction of sp³-hybridized carbons (Fsp3) is 0.381. The Kier molecular flexibility index (Phi) is 4.55. The van der Waals surface area contributed by atoms with E-state index < -0.39 is 5.54 Å². The van der Waals surface area contributed by atoms with E-state index in [1.54, 1.807) is 0 Å². The number of carbonyl (C=O) groups is 1. The topological polar surface area (TPSA) is 44.4 Å². The Morgan fingerprint density at radius 3 is 2.56 bits per heavy atom. The summed E-state index contributed by atoms with van der Waals surface area (Å²) >= 11 is 0. The molecule has 4 heteroatoms. The van der Waals surface area contributed by atoms with Crippen molar-refractivity contribution in [2.75, 3.05) is 26.2 Å². The van der Waals surface area contributed by atoms with E-state index in [-0.39, 0.29) is 5.91 Å². The van der Waals surface area contributed by atoms with Crippen molar-refractivity contribution in [1.82, 2.24) is 15.5 Å². The van der Waals surface area contributed by atoms with Crippen molar-refractivity contribution in [1.29, 1.82) is 0 Å². The normalized spacial score (nSPS) is 23.2. The van der Waals surface area contributed by atoms with Gasteiger partial charge in [-0.3, -0.25) is 9.69 Å². The largest absolute Gasteiger partial charge is 0.350 e. The van der Waals surface area contributed by atoms with Gasteiger partial charge in [-0.1, -0.05) is 54.6 Å². The zero-order valence-corrected chi connectivity index (χ0v) is 14.5. The van der Waals surface area contributed by atoms with Gasteiger partial charge in [-0.2, -0.15) is 0 Å². The maximum Gasteiger partial charge on any atom is 0.245 e. The molecule has 0 unspecified atom stereocenters. The minimum absolute atomic E-state index is 0.142. The van der Waals surface area contributed by atoms with Gasteiger partial charge in [0.25, 0.3) is 0 Å². The number of amides is 1. The smallest absolute Gasteiger partial charge is 0.245 e. The molecule has 130 valence electrons. The third-order valence-electron chi connectivity index (χ3n) is 5.55. The molecule has 1 fully saturated rings. The molecule has 2 N–H and O–H groups in total. The maximum atomic E-state index is 13.4. The molecule has 4 rings (SSSR count). The predicted octanol–water partition coefficient (Wildman–Crippen LogP) is 2.05. The lowest BCUT2D eigenvalue weighted by atomic mass is 9.87. The third-order valence-corrected chi connectivity index (χ3v) is 5.55. The maximum absolute atomic E-state index is 13.4. The lowest BCUT2D eigenvalue weighted by Crippen LogP contribution is -2.60. The van der Waals surface area contributed by atoms with E-state index in [0.29, 0.717) is 6.54 Å². The van der Waals surface area contributed by atoms with Crippen molar-refractivity contribution >= 4 is 5.91 Å². The van der Waals surface area contributed by atoms with Crippen LogP contribution in [0.15, 0.2) is 54.6 Å². The number of aryl methyl sites for hydroxylation is 1. The van der Waals surface area contributed by atoms with Crippen LogP contribution >= 0.6 is 0 Å². The molecule has 1 heterocycles. The number of rotatable bonds is 4. The summed E-state index contributed by atoms with van der Waals surface area (Å²) < 4.78 is 0. The van der Waals surface area contributed by atoms with Gasteiger partial charge in [0.1, 0.15) is 5.54 Å². The molecule has 0 aromatic heterocycles. The lowest BCUT2D eigenvalue weighted by molar-refractivity contribution is -0.135. The Morgan fingerprint density at radius 1 is 1.04 bits per heavy atom. The monoisotopic (exact) mass is 335 g/mol. The van der Waals surface area contributed by atoms with Gasteiger partial charge in [-0.05, 0) is 29.5 Å². The number of carbonyl (C=O) groups excluding carboxylic acids is 1. The number of piperazine rings is 1. The van der Waals surface area contributed by atoms with E-state index in [4.69, 9.17) is 0 Å². The fourth-order valence-corrected chi connectivity index (χ4v) is 4.27. The molecular formula is C21H25N3O. The lowest BCUT2D eigenvalue weighted by Gasteiger charge is -2.43. The molecule has 1 amide bonds. The molecule has 1 saturated heterocycles. The number of nitrogens with zero attached hydrogens (tertiary/aromatic N) is 1. The quantitative estimate of drug-likeness (QED) is 0.899. The van der Waals surface area contributed by atoms with Crippen LogP contribution < -0.4 is 10.6 Å². The Balaban J connectivity index is 1.63. The van der Waals surface area contributed by atoms with E-state index in [1.165, 1.54) is 11.1 Å². The first kappa shape index (κ1) is 16.3. The van der Waals surface area contributed by atoms with E-state index in [1.807, 2.05) is 18.2 Å². The van der Waals surface area contributed by atoms with Gasteiger partial charge in [0.15, 0.2) is 0 Å². The molecule has 1 atom stereocenters. The molecule has 2 aliphatic rings. The summed E-state index contributed by atoms with van der Waals surface area (Å²) in [5, 5.41) is 6.62. The van der Waals surface area contributed by atoms with Crippen molar-refractivity contribution in [2.45, 2.75) is 24.9 Å². The number of benzene rings is 2. The number of nitrogens with one attached hydrogen (secondary N) is 2. The van der Waals surface area contributed by atoms with Crippen LogP contribution in [0, 0.1) is 0 Å². The van der Waals surface area contributed by atoms with E-state index in [0.717, 1.165) is 44.6 Å². The van der Waals surface area contributed by atoms with Crippen LogP contribution in [0.2, 0.25) is 0 Å². The highest BCUT2D eigenvalue weighted by atomic mass is 16.2. The highest BCUT2D eigenvalue weighted by Gasteiger charge is 2.49. The average molecular weight is 335 g/mol. The van der Waals surface area contributed by atoms with Crippen LogP contribution in [0.1, 0.15) is 23.1 Å². The van der Waals surface area contributed by atoms with E-state index in [9.17, 15) is 4.79 Å². The number of fused-ring (bicyclic) bond motifs is 1. The molecule has 0 spiro atoms. The highest BCUT2D eigenvalue weighted by Crippen LogP contribution is 2.42. The van der Waals surface area contributed by atoms with Crippen LogP contribution in [-0.2, 0) is 23.3 Å². The molecule has 25 heavy (non-hydrogen) atoms. The zero-order chi connectivity index (χ0) is 17.1. The van der Waals surface area contributed by atoms with Gasteiger partial charge in [-0.25, -0.2) is 0 Å². The van der Waals surface area contributed by atoms with Gasteiger partial charge < -0.3 is 10.6 Å². The Labute approximate surface area is 149 Å². The average Bonchev–Trinajstić information content (AvgIpc) is 3.08. The molecule has 0 saturated carbocycles. The van der Waals surface area contributed by atoms with Gasteiger partial charge >= 0.3 is 0 Å². The zero-order valence-electron chi connectivity index (χ0n) is 14.5. The van der Waals surface area contributed by atoms with Crippen molar-refractivity contribution in [2.24, 2.45) is 0 Å². The first-order valence-electron chi connectivity index (χ1n) is 9.17. The van der Waals surface area contributed by atoms with Crippen LogP contribution in [0.3, 0.4) is 0 Å². The summed E-state index contributed by atoms with van der Waals surface area (Å²) in [5.74, 6) is 0.142. The van der Waals surface area contributed by atoms with Crippen LogP contribution in [-0.4, -0.2) is 37.0 Å². The second kappa shape index (κ2) is 6.98. The molecule has 0 radical (unpaired) electrons. The van der Waals surface area contributed by atoms with Crippen LogP contribution in [0.5, 0.6) is 0 Å². The third kappa shape index (κ3) is 2.96. The molecular weight excluding hydrogens is 310 g/mol. The molecule has 2 aromatic rings. The molecule has 1 aliphatic carbocycles. The van der Waals surface area contributed by atoms with Gasteiger partial charge in [0.05, 0.1) is 0 Å². The van der Waals surface area contributed by atoms with Gasteiger partial charge in [0, 0.05) is 32.7 Å². The van der Waals surface area contributed by atoms with Crippen molar-refractivity contribution in [3.05, 3.63) is 71.3 Å². The summed E-state index contributed by atoms with van der Waals surface area (Å²) in [7, 11) is 0. The summed E-state index contributed by atoms with van der Waals surface area (Å²) in [6.07, 6.45) is 1.84. The predicted molar refractivity (Wildman–Crippen MR) is 99.2 cm³/mol. The fourth-order valence-electron chi connectivity index (χ4n) is 4.27. The SMILES string of the molecule is O=C(NCc1ccccc1)[C@]1(N2CCNCC2)CCc2ccccc21. The first-order chi connectivity index (χ1) is 12.3. The minimum Gasteiger partial charge on any atom is -0.350 e. The first-order valence-corrected chi connectivity index (χ1v) is 9.17. The van der Waals surface area contributed by atoms with Gasteiger partial charge in [-0.15, -0.1) is 0 Å². The molecule has 0 bridgehead atoms. The summed E-state index contributed by atoms with van der Waals surface area (Å²) in [6.45, 7) is 4.28.